The predicted octanol–water partition coefficient (Wildman–Crippen LogP) is 3.55. The molecule has 0 fully saturated rings. The molecule has 0 atom stereocenters. The van der Waals surface area contributed by atoms with Gasteiger partial charge in [0.2, 0.25) is 0 Å². The fourth-order valence-electron chi connectivity index (χ4n) is 1.67. The third-order valence-corrected chi connectivity index (χ3v) is 2.93. The summed E-state index contributed by atoms with van der Waals surface area (Å²) in [6, 6.07) is 13.0. The Labute approximate surface area is 106 Å². The minimum Gasteiger partial charge on any atom is -0.457 e. The number of hydrogen-bond donors (Lipinski definition) is 1. The Bertz CT molecular complexity index is 627. The highest BCUT2D eigenvalue weighted by molar-refractivity contribution is 5.57. The summed E-state index contributed by atoms with van der Waals surface area (Å²) < 4.78 is 5.78. The highest BCUT2D eigenvalue weighted by Gasteiger charge is 2.05. The van der Waals surface area contributed by atoms with Gasteiger partial charge in [0.1, 0.15) is 17.6 Å². The number of rotatable bonds is 2. The second kappa shape index (κ2) is 4.80. The maximum atomic E-state index is 8.81. The van der Waals surface area contributed by atoms with Gasteiger partial charge in [0.05, 0.1) is 11.3 Å². The highest BCUT2D eigenvalue weighted by atomic mass is 16.5. The zero-order valence-corrected chi connectivity index (χ0v) is 10.4. The van der Waals surface area contributed by atoms with Crippen LogP contribution in [-0.2, 0) is 0 Å². The van der Waals surface area contributed by atoms with E-state index in [2.05, 4.69) is 0 Å². The van der Waals surface area contributed by atoms with Crippen molar-refractivity contribution in [2.24, 2.45) is 0 Å². The van der Waals surface area contributed by atoms with Crippen molar-refractivity contribution >= 4 is 5.69 Å². The van der Waals surface area contributed by atoms with Crippen LogP contribution in [-0.4, -0.2) is 0 Å². The van der Waals surface area contributed by atoms with Crippen LogP contribution in [0.3, 0.4) is 0 Å². The fourth-order valence-corrected chi connectivity index (χ4v) is 1.67. The van der Waals surface area contributed by atoms with Gasteiger partial charge >= 0.3 is 0 Å². The van der Waals surface area contributed by atoms with Crippen LogP contribution in [0.15, 0.2) is 36.4 Å². The van der Waals surface area contributed by atoms with Gasteiger partial charge in [0.15, 0.2) is 0 Å². The van der Waals surface area contributed by atoms with Gasteiger partial charge in [-0.1, -0.05) is 12.1 Å². The molecule has 2 aromatic carbocycles. The van der Waals surface area contributed by atoms with Gasteiger partial charge in [-0.05, 0) is 43.2 Å². The molecule has 0 aliphatic rings. The minimum absolute atomic E-state index is 0.431. The van der Waals surface area contributed by atoms with Crippen molar-refractivity contribution in [1.82, 2.24) is 0 Å². The van der Waals surface area contributed by atoms with Crippen LogP contribution in [0.2, 0.25) is 0 Å². The molecule has 90 valence electrons. The molecule has 0 heterocycles. The van der Waals surface area contributed by atoms with E-state index in [0.29, 0.717) is 17.0 Å². The van der Waals surface area contributed by atoms with Crippen molar-refractivity contribution in [3.8, 4) is 17.6 Å². The summed E-state index contributed by atoms with van der Waals surface area (Å²) in [6.45, 7) is 4.05. The lowest BCUT2D eigenvalue weighted by Gasteiger charge is -2.11. The number of hydrogen-bond acceptors (Lipinski definition) is 3. The summed E-state index contributed by atoms with van der Waals surface area (Å²) in [7, 11) is 0. The Kier molecular flexibility index (Phi) is 3.20. The van der Waals surface area contributed by atoms with E-state index in [1.807, 2.05) is 38.1 Å². The number of aryl methyl sites for hydroxylation is 1. The third kappa shape index (κ3) is 2.28. The highest BCUT2D eigenvalue weighted by Crippen LogP contribution is 2.28. The number of ether oxygens (including phenoxy) is 1. The van der Waals surface area contributed by atoms with Crippen molar-refractivity contribution in [2.45, 2.75) is 13.8 Å². The lowest BCUT2D eigenvalue weighted by molar-refractivity contribution is 0.478. The van der Waals surface area contributed by atoms with Gasteiger partial charge in [0, 0.05) is 6.07 Å². The van der Waals surface area contributed by atoms with E-state index in [4.69, 9.17) is 15.7 Å². The van der Waals surface area contributed by atoms with E-state index in [9.17, 15) is 0 Å². The van der Waals surface area contributed by atoms with Crippen LogP contribution < -0.4 is 10.5 Å². The Balaban J connectivity index is 2.32. The number of nitrogen functional groups attached to an aromatic ring is 1. The summed E-state index contributed by atoms with van der Waals surface area (Å²) in [5.74, 6) is 1.44. The molecular weight excluding hydrogens is 224 g/mol. The van der Waals surface area contributed by atoms with Crippen LogP contribution in [0.4, 0.5) is 5.69 Å². The van der Waals surface area contributed by atoms with Gasteiger partial charge in [-0.15, -0.1) is 0 Å². The molecule has 0 saturated carbocycles. The summed E-state index contributed by atoms with van der Waals surface area (Å²) in [6.07, 6.45) is 0. The average molecular weight is 238 g/mol. The Morgan fingerprint density at radius 1 is 1.17 bits per heavy atom. The zero-order chi connectivity index (χ0) is 13.1. The molecule has 0 amide bonds. The van der Waals surface area contributed by atoms with E-state index in [0.717, 1.165) is 11.3 Å². The van der Waals surface area contributed by atoms with Gasteiger partial charge in [0.25, 0.3) is 0 Å². The maximum Gasteiger partial charge on any atom is 0.130 e. The monoisotopic (exact) mass is 238 g/mol. The average Bonchev–Trinajstić information content (AvgIpc) is 2.35. The number of nitriles is 1. The van der Waals surface area contributed by atoms with Crippen LogP contribution in [0.5, 0.6) is 11.5 Å². The smallest absolute Gasteiger partial charge is 0.130 e. The van der Waals surface area contributed by atoms with Crippen molar-refractivity contribution in [3.63, 3.8) is 0 Å². The molecule has 3 nitrogen and oxygen atoms in total. The van der Waals surface area contributed by atoms with Gasteiger partial charge in [-0.25, -0.2) is 0 Å². The molecule has 18 heavy (non-hydrogen) atoms. The second-order valence-electron chi connectivity index (χ2n) is 4.16. The van der Waals surface area contributed by atoms with Gasteiger partial charge in [-0.2, -0.15) is 5.26 Å². The molecule has 0 spiro atoms. The fraction of sp³-hybridized carbons (Fsp3) is 0.133. The number of anilines is 1. The first kappa shape index (κ1) is 12.0. The predicted molar refractivity (Wildman–Crippen MR) is 71.6 cm³/mol. The lowest BCUT2D eigenvalue weighted by atomic mass is 10.1. The minimum atomic E-state index is 0.431. The largest absolute Gasteiger partial charge is 0.457 e. The van der Waals surface area contributed by atoms with Crippen molar-refractivity contribution in [3.05, 3.63) is 53.1 Å². The number of benzene rings is 2. The molecule has 0 bridgehead atoms. The van der Waals surface area contributed by atoms with Crippen molar-refractivity contribution in [1.29, 1.82) is 5.26 Å². The lowest BCUT2D eigenvalue weighted by Crippen LogP contribution is -1.93. The Hall–Kier alpha value is -2.47. The van der Waals surface area contributed by atoms with E-state index in [1.165, 1.54) is 5.56 Å². The molecule has 0 radical (unpaired) electrons. The second-order valence-corrected chi connectivity index (χ2v) is 4.16. The van der Waals surface area contributed by atoms with E-state index >= 15 is 0 Å². The molecular formula is C15H14N2O. The normalized spacial score (nSPS) is 9.83. The SMILES string of the molecule is Cc1cccc(Oc2ccc(C#N)c(N)c2)c1C. The van der Waals surface area contributed by atoms with E-state index in [-0.39, 0.29) is 0 Å². The molecule has 2 aromatic rings. The first-order valence-corrected chi connectivity index (χ1v) is 5.65. The summed E-state index contributed by atoms with van der Waals surface area (Å²) >= 11 is 0. The first-order chi connectivity index (χ1) is 8.61. The van der Waals surface area contributed by atoms with Crippen LogP contribution in [0.1, 0.15) is 16.7 Å². The summed E-state index contributed by atoms with van der Waals surface area (Å²) in [5, 5.41) is 8.81. The molecule has 2 N–H and O–H groups in total. The summed E-state index contributed by atoms with van der Waals surface area (Å²) in [5.41, 5.74) is 8.92. The quantitative estimate of drug-likeness (QED) is 0.814. The topological polar surface area (TPSA) is 59.0 Å². The maximum absolute atomic E-state index is 8.81. The first-order valence-electron chi connectivity index (χ1n) is 5.65. The molecule has 0 aromatic heterocycles. The van der Waals surface area contributed by atoms with Gasteiger partial charge in [-0.3, -0.25) is 0 Å². The third-order valence-electron chi connectivity index (χ3n) is 2.93. The van der Waals surface area contributed by atoms with Crippen LogP contribution in [0, 0.1) is 25.2 Å². The van der Waals surface area contributed by atoms with Crippen molar-refractivity contribution in [2.75, 3.05) is 5.73 Å². The van der Waals surface area contributed by atoms with E-state index in [1.54, 1.807) is 18.2 Å². The summed E-state index contributed by atoms with van der Waals surface area (Å²) in [4.78, 5) is 0. The molecule has 0 aliphatic heterocycles. The molecule has 0 saturated heterocycles. The molecule has 3 heteroatoms. The number of nitrogens with zero attached hydrogens (tertiary/aromatic N) is 1. The molecule has 2 rings (SSSR count). The van der Waals surface area contributed by atoms with Crippen LogP contribution in [0.25, 0.3) is 0 Å². The standard InChI is InChI=1S/C15H14N2O/c1-10-4-3-5-15(11(10)2)18-13-7-6-12(9-16)14(17)8-13/h3-8H,17H2,1-2H3. The van der Waals surface area contributed by atoms with Gasteiger partial charge < -0.3 is 10.5 Å². The molecule has 0 unspecified atom stereocenters. The van der Waals surface area contributed by atoms with Crippen LogP contribution >= 0.6 is 0 Å². The van der Waals surface area contributed by atoms with E-state index < -0.39 is 0 Å². The Morgan fingerprint density at radius 2 is 1.94 bits per heavy atom. The number of nitrogens with two attached hydrogens (primary N) is 1. The molecule has 0 aliphatic carbocycles. The zero-order valence-electron chi connectivity index (χ0n) is 10.4. The van der Waals surface area contributed by atoms with Crippen molar-refractivity contribution < 1.29 is 4.74 Å². The Morgan fingerprint density at radius 3 is 2.61 bits per heavy atom.